The molecule has 0 aliphatic rings. The maximum absolute atomic E-state index is 2.54. The molecule has 0 aromatic carbocycles. The molecule has 224 valence electrons. The average Bonchev–Trinajstić information content (AvgIpc) is 3.33. The van der Waals surface area contributed by atoms with E-state index in [1.165, 1.54) is 186 Å². The molecule has 0 atom stereocenters. The summed E-state index contributed by atoms with van der Waals surface area (Å²) in [4.78, 5) is 0. The summed E-state index contributed by atoms with van der Waals surface area (Å²) in [6.45, 7) is 9.37. The third kappa shape index (κ3) is 20.2. The van der Waals surface area contributed by atoms with E-state index in [1.807, 2.05) is 0 Å². The van der Waals surface area contributed by atoms with Crippen LogP contribution < -0.4 is 4.57 Å². The van der Waals surface area contributed by atoms with Gasteiger partial charge in [0.15, 0.2) is 0 Å². The summed E-state index contributed by atoms with van der Waals surface area (Å²) < 4.78 is 5.09. The van der Waals surface area contributed by atoms with Crippen molar-refractivity contribution in [1.29, 1.82) is 0 Å². The smallest absolute Gasteiger partial charge is 0.234 e. The minimum absolute atomic E-state index is 1.16. The first-order valence-electron chi connectivity index (χ1n) is 17.9. The molecule has 0 unspecified atom stereocenters. The van der Waals surface area contributed by atoms with Crippen LogP contribution in [0, 0.1) is 0 Å². The number of aromatic nitrogens is 2. The van der Waals surface area contributed by atoms with Gasteiger partial charge in [0.05, 0.1) is 13.1 Å². The molecule has 0 radical (unpaired) electrons. The molecule has 0 saturated heterocycles. The van der Waals surface area contributed by atoms with Crippen molar-refractivity contribution in [2.75, 3.05) is 0 Å². The van der Waals surface area contributed by atoms with Crippen LogP contribution in [0.5, 0.6) is 0 Å². The fourth-order valence-electron chi connectivity index (χ4n) is 6.09. The van der Waals surface area contributed by atoms with Gasteiger partial charge in [-0.15, -0.1) is 0 Å². The number of hydrogen-bond acceptors (Lipinski definition) is 0. The molecule has 1 rings (SSSR count). The molecule has 1 heterocycles. The zero-order valence-corrected chi connectivity index (χ0v) is 26.8. The van der Waals surface area contributed by atoms with Gasteiger partial charge in [0.2, 0.25) is 0 Å². The van der Waals surface area contributed by atoms with Crippen molar-refractivity contribution in [2.24, 2.45) is 0 Å². The van der Waals surface area contributed by atoms with E-state index in [4.69, 9.17) is 0 Å². The second-order valence-electron chi connectivity index (χ2n) is 12.3. The molecular formula is C36H71N2+. The molecule has 0 saturated carbocycles. The van der Waals surface area contributed by atoms with Gasteiger partial charge in [-0.1, -0.05) is 168 Å². The lowest BCUT2D eigenvalue weighted by Crippen LogP contribution is -2.37. The first kappa shape index (κ1) is 35.2. The molecule has 0 N–H and O–H groups in total. The van der Waals surface area contributed by atoms with Crippen molar-refractivity contribution < 1.29 is 4.57 Å². The molecule has 2 heteroatoms. The van der Waals surface area contributed by atoms with E-state index in [-0.39, 0.29) is 0 Å². The van der Waals surface area contributed by atoms with Gasteiger partial charge in [-0.2, -0.15) is 0 Å². The second kappa shape index (κ2) is 27.8. The van der Waals surface area contributed by atoms with Crippen LogP contribution >= 0.6 is 0 Å². The predicted molar refractivity (Wildman–Crippen MR) is 170 cm³/mol. The third-order valence-electron chi connectivity index (χ3n) is 8.66. The molecule has 0 aliphatic heterocycles. The zero-order valence-electron chi connectivity index (χ0n) is 26.8. The Morgan fingerprint density at radius 3 is 1.16 bits per heavy atom. The second-order valence-corrected chi connectivity index (χ2v) is 12.3. The fraction of sp³-hybridized carbons (Fsp3) is 0.917. The molecule has 1 aromatic heterocycles. The Balaban J connectivity index is 1.96. The summed E-state index contributed by atoms with van der Waals surface area (Å²) >= 11 is 0. The highest BCUT2D eigenvalue weighted by Crippen LogP contribution is 2.14. The fourth-order valence-corrected chi connectivity index (χ4v) is 6.09. The Labute approximate surface area is 240 Å². The van der Waals surface area contributed by atoms with E-state index in [9.17, 15) is 0 Å². The summed E-state index contributed by atoms with van der Waals surface area (Å²) in [7, 11) is 0. The molecule has 2 nitrogen and oxygen atoms in total. The summed E-state index contributed by atoms with van der Waals surface area (Å²) in [5, 5.41) is 0. The molecule has 38 heavy (non-hydrogen) atoms. The third-order valence-corrected chi connectivity index (χ3v) is 8.66. The number of aryl methyl sites for hydroxylation is 2. The minimum Gasteiger partial charge on any atom is -0.234 e. The highest BCUT2D eigenvalue weighted by atomic mass is 15.1. The van der Waals surface area contributed by atoms with Crippen LogP contribution in [0.2, 0.25) is 0 Å². The molecule has 0 aliphatic carbocycles. The lowest BCUT2D eigenvalue weighted by Gasteiger charge is -2.05. The van der Waals surface area contributed by atoms with Crippen molar-refractivity contribution in [1.82, 2.24) is 4.57 Å². The Morgan fingerprint density at radius 1 is 0.447 bits per heavy atom. The SMILES string of the molecule is CCCCCCCCCCCCCCCCn1cc[n+](CCCCCCCCCCCCCCC)c1CC. The van der Waals surface area contributed by atoms with E-state index in [1.54, 1.807) is 5.82 Å². The largest absolute Gasteiger partial charge is 0.256 e. The Kier molecular flexibility index (Phi) is 25.7. The van der Waals surface area contributed by atoms with Gasteiger partial charge in [0, 0.05) is 6.42 Å². The van der Waals surface area contributed by atoms with E-state index >= 15 is 0 Å². The topological polar surface area (TPSA) is 8.81 Å². The van der Waals surface area contributed by atoms with Gasteiger partial charge < -0.3 is 0 Å². The Bertz CT molecular complexity index is 590. The van der Waals surface area contributed by atoms with Crippen LogP contribution in [0.4, 0.5) is 0 Å². The lowest BCUT2D eigenvalue weighted by atomic mass is 10.0. The maximum atomic E-state index is 2.54. The van der Waals surface area contributed by atoms with Crippen molar-refractivity contribution >= 4 is 0 Å². The van der Waals surface area contributed by atoms with Crippen LogP contribution in [0.3, 0.4) is 0 Å². The minimum atomic E-state index is 1.16. The monoisotopic (exact) mass is 532 g/mol. The van der Waals surface area contributed by atoms with Crippen molar-refractivity contribution in [2.45, 2.75) is 214 Å². The van der Waals surface area contributed by atoms with Crippen LogP contribution in [-0.4, -0.2) is 4.57 Å². The summed E-state index contributed by atoms with van der Waals surface area (Å²) in [6, 6.07) is 0. The quantitative estimate of drug-likeness (QED) is 0.0689. The van der Waals surface area contributed by atoms with E-state index < -0.39 is 0 Å². The highest BCUT2D eigenvalue weighted by molar-refractivity contribution is 4.83. The molecule has 0 spiro atoms. The van der Waals surface area contributed by atoms with Crippen LogP contribution in [0.25, 0.3) is 0 Å². The molecule has 1 aromatic rings. The Hall–Kier alpha value is -0.790. The highest BCUT2D eigenvalue weighted by Gasteiger charge is 2.14. The molecule has 0 fully saturated rings. The number of imidazole rings is 1. The van der Waals surface area contributed by atoms with Crippen molar-refractivity contribution in [3.8, 4) is 0 Å². The van der Waals surface area contributed by atoms with Gasteiger partial charge >= 0.3 is 0 Å². The van der Waals surface area contributed by atoms with E-state index in [0.717, 1.165) is 6.42 Å². The predicted octanol–water partition coefficient (Wildman–Crippen LogP) is 11.9. The van der Waals surface area contributed by atoms with Gasteiger partial charge in [-0.05, 0) is 25.7 Å². The van der Waals surface area contributed by atoms with E-state index in [0.29, 0.717) is 0 Å². The van der Waals surface area contributed by atoms with Crippen LogP contribution in [-0.2, 0) is 19.5 Å². The normalized spacial score (nSPS) is 11.6. The zero-order chi connectivity index (χ0) is 27.4. The summed E-state index contributed by atoms with van der Waals surface area (Å²) in [5.41, 5.74) is 0. The number of nitrogens with zero attached hydrogens (tertiary/aromatic N) is 2. The van der Waals surface area contributed by atoms with Crippen LogP contribution in [0.15, 0.2) is 12.4 Å². The number of rotatable bonds is 30. The average molecular weight is 532 g/mol. The summed E-state index contributed by atoms with van der Waals surface area (Å²) in [5.74, 6) is 1.54. The standard InChI is InChI=1S/C36H71N2/c1-4-7-9-11-13-15-17-19-21-23-25-27-29-31-33-38-35-34-37(36(38)6-3)32-30-28-26-24-22-20-18-16-14-12-10-8-5-2/h34-35H,4-33H2,1-3H3/q+1. The first-order valence-corrected chi connectivity index (χ1v) is 17.9. The van der Waals surface area contributed by atoms with Gasteiger partial charge in [0.1, 0.15) is 12.4 Å². The first-order chi connectivity index (χ1) is 18.8. The van der Waals surface area contributed by atoms with Gasteiger partial charge in [-0.25, -0.2) is 9.13 Å². The molecule has 0 bridgehead atoms. The van der Waals surface area contributed by atoms with Crippen molar-refractivity contribution in [3.05, 3.63) is 18.2 Å². The number of hydrogen-bond donors (Lipinski definition) is 0. The van der Waals surface area contributed by atoms with E-state index in [2.05, 4.69) is 42.3 Å². The summed E-state index contributed by atoms with van der Waals surface area (Å²) in [6.07, 6.45) is 44.7. The molecular weight excluding hydrogens is 460 g/mol. The lowest BCUT2D eigenvalue weighted by molar-refractivity contribution is -0.704. The van der Waals surface area contributed by atoms with Gasteiger partial charge in [-0.3, -0.25) is 0 Å². The van der Waals surface area contributed by atoms with Crippen LogP contribution in [0.1, 0.15) is 200 Å². The Morgan fingerprint density at radius 2 is 0.789 bits per heavy atom. The maximum Gasteiger partial charge on any atom is 0.256 e. The molecule has 0 amide bonds. The van der Waals surface area contributed by atoms with Crippen molar-refractivity contribution in [3.63, 3.8) is 0 Å². The van der Waals surface area contributed by atoms with Gasteiger partial charge in [0.25, 0.3) is 5.82 Å². The number of unbranched alkanes of at least 4 members (excludes halogenated alkanes) is 25.